The fraction of sp³-hybridized carbons (Fsp3) is 0.200. The zero-order valence-electron chi connectivity index (χ0n) is 11.0. The predicted octanol–water partition coefficient (Wildman–Crippen LogP) is 4.71. The van der Waals surface area contributed by atoms with E-state index in [0.29, 0.717) is 22.3 Å². The van der Waals surface area contributed by atoms with Crippen molar-refractivity contribution >= 4 is 35.6 Å². The average Bonchev–Trinajstić information content (AvgIpc) is 2.39. The molecule has 0 saturated heterocycles. The first-order chi connectivity index (χ1) is 9.20. The van der Waals surface area contributed by atoms with Crippen LogP contribution in [0.3, 0.4) is 0 Å². The number of rotatable bonds is 5. The average molecular weight is 333 g/mol. The van der Waals surface area contributed by atoms with Gasteiger partial charge in [-0.3, -0.25) is 0 Å². The summed E-state index contributed by atoms with van der Waals surface area (Å²) in [6.45, 7) is 1.44. The lowest BCUT2D eigenvalue weighted by atomic mass is 10.2. The van der Waals surface area contributed by atoms with Crippen LogP contribution in [-0.4, -0.2) is 7.11 Å². The number of benzene rings is 2. The van der Waals surface area contributed by atoms with E-state index >= 15 is 0 Å². The predicted molar refractivity (Wildman–Crippen MR) is 87.2 cm³/mol. The quantitative estimate of drug-likeness (QED) is 0.856. The summed E-state index contributed by atoms with van der Waals surface area (Å²) in [4.78, 5) is 0. The van der Waals surface area contributed by atoms with Gasteiger partial charge in [0.15, 0.2) is 0 Å². The van der Waals surface area contributed by atoms with Crippen molar-refractivity contribution in [3.63, 3.8) is 0 Å². The summed E-state index contributed by atoms with van der Waals surface area (Å²) in [5, 5.41) is 4.50. The molecule has 20 heavy (non-hydrogen) atoms. The van der Waals surface area contributed by atoms with Gasteiger partial charge in [0.05, 0.1) is 12.1 Å². The molecule has 2 rings (SSSR count). The van der Waals surface area contributed by atoms with E-state index in [1.807, 2.05) is 24.3 Å². The molecule has 2 aromatic rings. The minimum Gasteiger partial charge on any atom is -0.495 e. The van der Waals surface area contributed by atoms with E-state index in [1.54, 1.807) is 13.2 Å². The molecule has 0 aliphatic carbocycles. The number of hydrogen-bond acceptors (Lipinski definition) is 2. The van der Waals surface area contributed by atoms with E-state index in [-0.39, 0.29) is 12.4 Å². The van der Waals surface area contributed by atoms with Crippen LogP contribution in [0.2, 0.25) is 10.0 Å². The van der Waals surface area contributed by atoms with Gasteiger partial charge < -0.3 is 10.1 Å². The molecule has 0 radical (unpaired) electrons. The third kappa shape index (κ3) is 4.57. The smallest absolute Gasteiger partial charge is 0.142 e. The molecule has 0 aliphatic rings. The normalized spacial score (nSPS) is 9.95. The third-order valence-electron chi connectivity index (χ3n) is 2.78. The van der Waals surface area contributed by atoms with E-state index < -0.39 is 0 Å². The molecule has 0 spiro atoms. The van der Waals surface area contributed by atoms with E-state index in [2.05, 4.69) is 17.4 Å². The highest BCUT2D eigenvalue weighted by Crippen LogP contribution is 2.32. The maximum Gasteiger partial charge on any atom is 0.142 e. The van der Waals surface area contributed by atoms with Crippen LogP contribution in [0, 0.1) is 0 Å². The molecular formula is C15H16Cl3NO. The van der Waals surface area contributed by atoms with Crippen molar-refractivity contribution in [1.82, 2.24) is 5.32 Å². The summed E-state index contributed by atoms with van der Waals surface area (Å²) in [7, 11) is 1.61. The number of hydrogen-bond donors (Lipinski definition) is 1. The first-order valence-corrected chi connectivity index (χ1v) is 6.73. The Labute approximate surface area is 135 Å². The van der Waals surface area contributed by atoms with Crippen LogP contribution in [0.5, 0.6) is 5.75 Å². The summed E-state index contributed by atoms with van der Waals surface area (Å²) in [5.41, 5.74) is 2.19. The molecule has 2 nitrogen and oxygen atoms in total. The molecule has 0 bridgehead atoms. The number of nitrogens with one attached hydrogen (secondary N) is 1. The second-order valence-corrected chi connectivity index (χ2v) is 5.01. The minimum atomic E-state index is 0. The Morgan fingerprint density at radius 3 is 2.40 bits per heavy atom. The van der Waals surface area contributed by atoms with Crippen molar-refractivity contribution in [2.24, 2.45) is 0 Å². The largest absolute Gasteiger partial charge is 0.495 e. The fourth-order valence-electron chi connectivity index (χ4n) is 1.91. The topological polar surface area (TPSA) is 21.3 Å². The van der Waals surface area contributed by atoms with Gasteiger partial charge in [-0.15, -0.1) is 12.4 Å². The first-order valence-electron chi connectivity index (χ1n) is 5.97. The molecule has 0 atom stereocenters. The van der Waals surface area contributed by atoms with Gasteiger partial charge >= 0.3 is 0 Å². The van der Waals surface area contributed by atoms with E-state index in [4.69, 9.17) is 27.9 Å². The minimum absolute atomic E-state index is 0. The van der Waals surface area contributed by atoms with Crippen LogP contribution in [0.1, 0.15) is 11.1 Å². The summed E-state index contributed by atoms with van der Waals surface area (Å²) in [6.07, 6.45) is 0. The van der Waals surface area contributed by atoms with Crippen LogP contribution in [-0.2, 0) is 13.1 Å². The van der Waals surface area contributed by atoms with Gasteiger partial charge in [-0.05, 0) is 17.7 Å². The summed E-state index contributed by atoms with van der Waals surface area (Å²) < 4.78 is 5.30. The highest BCUT2D eigenvalue weighted by atomic mass is 35.5. The Balaban J connectivity index is 0.00000200. The van der Waals surface area contributed by atoms with E-state index in [0.717, 1.165) is 12.1 Å². The molecule has 0 unspecified atom stereocenters. The van der Waals surface area contributed by atoms with Crippen molar-refractivity contribution in [1.29, 1.82) is 0 Å². The molecule has 0 aliphatic heterocycles. The maximum atomic E-state index is 6.09. The fourth-order valence-corrected chi connectivity index (χ4v) is 2.52. The highest BCUT2D eigenvalue weighted by molar-refractivity contribution is 6.35. The van der Waals surface area contributed by atoms with Crippen molar-refractivity contribution < 1.29 is 4.74 Å². The zero-order valence-corrected chi connectivity index (χ0v) is 13.4. The second-order valence-electron chi connectivity index (χ2n) is 4.17. The van der Waals surface area contributed by atoms with Crippen LogP contribution in [0.15, 0.2) is 42.5 Å². The summed E-state index contributed by atoms with van der Waals surface area (Å²) in [6, 6.07) is 13.8. The molecule has 1 N–H and O–H groups in total. The van der Waals surface area contributed by atoms with Crippen molar-refractivity contribution in [2.45, 2.75) is 13.1 Å². The van der Waals surface area contributed by atoms with Gasteiger partial charge in [0.25, 0.3) is 0 Å². The lowest BCUT2D eigenvalue weighted by Crippen LogP contribution is -2.13. The molecule has 0 aromatic heterocycles. The van der Waals surface area contributed by atoms with E-state index in [9.17, 15) is 0 Å². The van der Waals surface area contributed by atoms with E-state index in [1.165, 1.54) is 5.56 Å². The van der Waals surface area contributed by atoms with Crippen molar-refractivity contribution in [3.05, 3.63) is 63.6 Å². The maximum absolute atomic E-state index is 6.09. The molecule has 2 aromatic carbocycles. The van der Waals surface area contributed by atoms with Crippen LogP contribution in [0.4, 0.5) is 0 Å². The monoisotopic (exact) mass is 331 g/mol. The molecule has 0 amide bonds. The van der Waals surface area contributed by atoms with Gasteiger partial charge in [-0.25, -0.2) is 0 Å². The lowest BCUT2D eigenvalue weighted by molar-refractivity contribution is 0.408. The second kappa shape index (κ2) is 8.38. The van der Waals surface area contributed by atoms with Gasteiger partial charge in [0.1, 0.15) is 5.75 Å². The number of halogens is 3. The SMILES string of the molecule is COc1c(Cl)cc(Cl)cc1CNCc1ccccc1.Cl. The Morgan fingerprint density at radius 1 is 1.05 bits per heavy atom. The summed E-state index contributed by atoms with van der Waals surface area (Å²) >= 11 is 12.1. The standard InChI is InChI=1S/C15H15Cl2NO.ClH/c1-19-15-12(7-13(16)8-14(15)17)10-18-9-11-5-3-2-4-6-11;/h2-8,18H,9-10H2,1H3;1H. The van der Waals surface area contributed by atoms with Crippen LogP contribution in [0.25, 0.3) is 0 Å². The summed E-state index contributed by atoms with van der Waals surface area (Å²) in [5.74, 6) is 0.673. The molecular weight excluding hydrogens is 317 g/mol. The van der Waals surface area contributed by atoms with Crippen LogP contribution >= 0.6 is 35.6 Å². The molecule has 0 heterocycles. The Hall–Kier alpha value is -0.930. The molecule has 0 fully saturated rings. The third-order valence-corrected chi connectivity index (χ3v) is 3.28. The number of methoxy groups -OCH3 is 1. The zero-order chi connectivity index (χ0) is 13.7. The van der Waals surface area contributed by atoms with Crippen LogP contribution < -0.4 is 10.1 Å². The van der Waals surface area contributed by atoms with Gasteiger partial charge in [0, 0.05) is 23.7 Å². The molecule has 108 valence electrons. The highest BCUT2D eigenvalue weighted by Gasteiger charge is 2.09. The molecule has 5 heteroatoms. The Kier molecular flexibility index (Phi) is 7.17. The van der Waals surface area contributed by atoms with Gasteiger partial charge in [-0.1, -0.05) is 53.5 Å². The molecule has 0 saturated carbocycles. The Bertz CT molecular complexity index is 546. The van der Waals surface area contributed by atoms with Gasteiger partial charge in [0.2, 0.25) is 0 Å². The lowest BCUT2D eigenvalue weighted by Gasteiger charge is -2.12. The Morgan fingerprint density at radius 2 is 1.75 bits per heavy atom. The van der Waals surface area contributed by atoms with Crippen molar-refractivity contribution in [2.75, 3.05) is 7.11 Å². The van der Waals surface area contributed by atoms with Gasteiger partial charge in [-0.2, -0.15) is 0 Å². The first kappa shape index (κ1) is 17.1. The van der Waals surface area contributed by atoms with Crippen molar-refractivity contribution in [3.8, 4) is 5.75 Å². The number of ether oxygens (including phenoxy) is 1.